The number of aromatic nitrogens is 3. The van der Waals surface area contributed by atoms with E-state index in [1.807, 2.05) is 48.2 Å². The first kappa shape index (κ1) is 18.5. The Hall–Kier alpha value is -3.48. The summed E-state index contributed by atoms with van der Waals surface area (Å²) in [6.45, 7) is 3.34. The van der Waals surface area contributed by atoms with Gasteiger partial charge in [-0.1, -0.05) is 17.7 Å². The molecule has 0 saturated carbocycles. The second-order valence-electron chi connectivity index (χ2n) is 8.09. The summed E-state index contributed by atoms with van der Waals surface area (Å²) in [6, 6.07) is 13.3. The van der Waals surface area contributed by atoms with Gasteiger partial charge in [-0.3, -0.25) is 19.1 Å². The molecule has 7 heteroatoms. The van der Waals surface area contributed by atoms with Gasteiger partial charge >= 0.3 is 0 Å². The third kappa shape index (κ3) is 3.07. The van der Waals surface area contributed by atoms with E-state index in [1.165, 1.54) is 0 Å². The molecule has 2 aliphatic heterocycles. The highest BCUT2D eigenvalue weighted by Gasteiger charge is 2.46. The molecule has 1 amide bonds. The van der Waals surface area contributed by atoms with Crippen molar-refractivity contribution in [3.63, 3.8) is 0 Å². The van der Waals surface area contributed by atoms with E-state index in [0.717, 1.165) is 23.1 Å². The number of pyridine rings is 1. The van der Waals surface area contributed by atoms with Gasteiger partial charge in [0.1, 0.15) is 0 Å². The van der Waals surface area contributed by atoms with Crippen molar-refractivity contribution in [2.75, 3.05) is 18.0 Å². The van der Waals surface area contributed by atoms with Crippen LogP contribution in [0.15, 0.2) is 59.7 Å². The molecule has 2 saturated heterocycles. The van der Waals surface area contributed by atoms with Gasteiger partial charge in [0, 0.05) is 49.7 Å². The Morgan fingerprint density at radius 1 is 1.03 bits per heavy atom. The number of hydrogen-bond acceptors (Lipinski definition) is 5. The summed E-state index contributed by atoms with van der Waals surface area (Å²) in [5, 5.41) is 0. The minimum Gasteiger partial charge on any atom is -0.335 e. The highest BCUT2D eigenvalue weighted by atomic mass is 16.2. The second-order valence-corrected chi connectivity index (χ2v) is 8.09. The van der Waals surface area contributed by atoms with E-state index in [0.29, 0.717) is 24.7 Å². The Kier molecular flexibility index (Phi) is 4.38. The normalized spacial score (nSPS) is 20.1. The van der Waals surface area contributed by atoms with Crippen LogP contribution >= 0.6 is 0 Å². The van der Waals surface area contributed by atoms with Crippen LogP contribution in [-0.4, -0.2) is 50.5 Å². The number of rotatable bonds is 3. The molecule has 5 rings (SSSR count). The zero-order chi connectivity index (χ0) is 20.8. The van der Waals surface area contributed by atoms with Gasteiger partial charge < -0.3 is 9.80 Å². The Labute approximate surface area is 174 Å². The topological polar surface area (TPSA) is 71.3 Å². The fourth-order valence-corrected chi connectivity index (χ4v) is 4.48. The van der Waals surface area contributed by atoms with E-state index in [-0.39, 0.29) is 23.6 Å². The van der Waals surface area contributed by atoms with Gasteiger partial charge in [0.2, 0.25) is 5.95 Å². The molecule has 152 valence electrons. The Bertz CT molecular complexity index is 1160. The van der Waals surface area contributed by atoms with E-state index in [1.54, 1.807) is 30.1 Å². The van der Waals surface area contributed by atoms with E-state index >= 15 is 0 Å². The Morgan fingerprint density at radius 2 is 1.77 bits per heavy atom. The summed E-state index contributed by atoms with van der Waals surface area (Å²) in [7, 11) is 1.75. The average Bonchev–Trinajstić information content (AvgIpc) is 3.37. The van der Waals surface area contributed by atoms with Crippen LogP contribution in [0.5, 0.6) is 0 Å². The van der Waals surface area contributed by atoms with Gasteiger partial charge in [-0.15, -0.1) is 0 Å². The summed E-state index contributed by atoms with van der Waals surface area (Å²) in [4.78, 5) is 38.6. The van der Waals surface area contributed by atoms with Crippen LogP contribution in [0.4, 0.5) is 5.95 Å². The van der Waals surface area contributed by atoms with Crippen LogP contribution < -0.4 is 10.5 Å². The smallest absolute Gasteiger partial charge is 0.255 e. The number of carbonyl (C=O) groups excluding carboxylic acids is 1. The maximum atomic E-state index is 13.0. The first-order chi connectivity index (χ1) is 14.5. The van der Waals surface area contributed by atoms with Crippen LogP contribution in [0.25, 0.3) is 11.3 Å². The molecule has 3 aromatic rings. The largest absolute Gasteiger partial charge is 0.335 e. The summed E-state index contributed by atoms with van der Waals surface area (Å²) < 4.78 is 1.59. The number of nitrogens with zero attached hydrogens (tertiary/aromatic N) is 5. The number of aryl methyl sites for hydroxylation is 1. The molecule has 4 heterocycles. The molecule has 30 heavy (non-hydrogen) atoms. The maximum absolute atomic E-state index is 13.0. The molecule has 0 spiro atoms. The number of hydrogen-bond donors (Lipinski definition) is 0. The molecule has 1 aromatic carbocycles. The van der Waals surface area contributed by atoms with Gasteiger partial charge in [0.15, 0.2) is 0 Å². The van der Waals surface area contributed by atoms with Crippen LogP contribution in [0, 0.1) is 6.92 Å². The first-order valence-corrected chi connectivity index (χ1v) is 10.1. The fraction of sp³-hybridized carbons (Fsp3) is 0.304. The lowest BCUT2D eigenvalue weighted by Gasteiger charge is -2.35. The minimum absolute atomic E-state index is 0.0783. The molecule has 2 aromatic heterocycles. The summed E-state index contributed by atoms with van der Waals surface area (Å²) in [6.07, 6.45) is 4.29. The maximum Gasteiger partial charge on any atom is 0.255 e. The Balaban J connectivity index is 1.41. The zero-order valence-electron chi connectivity index (χ0n) is 17.0. The van der Waals surface area contributed by atoms with Crippen molar-refractivity contribution in [3.8, 4) is 11.3 Å². The van der Waals surface area contributed by atoms with E-state index in [2.05, 4.69) is 9.88 Å². The molecule has 2 bridgehead atoms. The van der Waals surface area contributed by atoms with E-state index in [9.17, 15) is 9.59 Å². The first-order valence-electron chi connectivity index (χ1n) is 10.1. The number of carbonyl (C=O) groups is 1. The molecule has 0 N–H and O–H groups in total. The van der Waals surface area contributed by atoms with Crippen LogP contribution in [0.1, 0.15) is 22.3 Å². The fourth-order valence-electron chi connectivity index (χ4n) is 4.48. The highest BCUT2D eigenvalue weighted by Crippen LogP contribution is 2.34. The van der Waals surface area contributed by atoms with Crippen molar-refractivity contribution in [1.82, 2.24) is 19.4 Å². The number of anilines is 1. The second kappa shape index (κ2) is 7.09. The van der Waals surface area contributed by atoms with Crippen LogP contribution in [0.3, 0.4) is 0 Å². The molecule has 7 nitrogen and oxygen atoms in total. The van der Waals surface area contributed by atoms with Crippen molar-refractivity contribution in [2.45, 2.75) is 25.4 Å². The van der Waals surface area contributed by atoms with Crippen molar-refractivity contribution in [1.29, 1.82) is 0 Å². The van der Waals surface area contributed by atoms with E-state index in [4.69, 9.17) is 4.98 Å². The summed E-state index contributed by atoms with van der Waals surface area (Å²) in [5.74, 6) is 0.735. The zero-order valence-corrected chi connectivity index (χ0v) is 17.0. The predicted molar refractivity (Wildman–Crippen MR) is 114 cm³/mol. The van der Waals surface area contributed by atoms with Crippen LogP contribution in [0.2, 0.25) is 0 Å². The lowest BCUT2D eigenvalue weighted by molar-refractivity contribution is 0.0725. The molecular formula is C23H23N5O2. The molecular weight excluding hydrogens is 378 g/mol. The number of amides is 1. The lowest BCUT2D eigenvalue weighted by atomic mass is 10.1. The number of fused-ring (bicyclic) bond motifs is 2. The molecule has 2 aliphatic rings. The average molecular weight is 401 g/mol. The van der Waals surface area contributed by atoms with Gasteiger partial charge in [-0.2, -0.15) is 0 Å². The SMILES string of the molecule is Cc1ccc(C(=O)N2C[C@@H]3CC2CN3c2nc(-c3ccncc3)cc(=O)n2C)cc1. The van der Waals surface area contributed by atoms with Gasteiger partial charge in [0.05, 0.1) is 17.8 Å². The van der Waals surface area contributed by atoms with Crippen molar-refractivity contribution < 1.29 is 4.79 Å². The van der Waals surface area contributed by atoms with Gasteiger partial charge in [0.25, 0.3) is 11.5 Å². The number of benzene rings is 1. The third-order valence-corrected chi connectivity index (χ3v) is 6.14. The van der Waals surface area contributed by atoms with Crippen molar-refractivity contribution in [3.05, 3.63) is 76.3 Å². The third-order valence-electron chi connectivity index (χ3n) is 6.14. The minimum atomic E-state index is -0.0952. The molecule has 0 aliphatic carbocycles. The number of piperazine rings is 1. The summed E-state index contributed by atoms with van der Waals surface area (Å²) in [5.41, 5.74) is 3.28. The molecule has 2 fully saturated rings. The monoisotopic (exact) mass is 401 g/mol. The van der Waals surface area contributed by atoms with Gasteiger partial charge in [-0.05, 0) is 37.6 Å². The van der Waals surface area contributed by atoms with Crippen LogP contribution in [-0.2, 0) is 7.05 Å². The van der Waals surface area contributed by atoms with Gasteiger partial charge in [-0.25, -0.2) is 4.98 Å². The molecule has 1 unspecified atom stereocenters. The predicted octanol–water partition coefficient (Wildman–Crippen LogP) is 2.25. The van der Waals surface area contributed by atoms with Crippen molar-refractivity contribution in [2.24, 2.45) is 7.05 Å². The summed E-state index contributed by atoms with van der Waals surface area (Å²) >= 11 is 0. The van der Waals surface area contributed by atoms with E-state index < -0.39 is 0 Å². The Morgan fingerprint density at radius 3 is 2.43 bits per heavy atom. The number of likely N-dealkylation sites (tertiary alicyclic amines) is 1. The lowest BCUT2D eigenvalue weighted by Crippen LogP contribution is -2.50. The highest BCUT2D eigenvalue weighted by molar-refractivity contribution is 5.95. The standard InChI is InChI=1S/C23H23N5O2/c1-15-3-5-17(6-4-15)22(30)27-13-19-11-18(27)14-28(19)23-25-20(12-21(29)26(23)2)16-7-9-24-10-8-16/h3-10,12,18-19H,11,13-14H2,1-2H3/t18?,19-/m0/s1. The molecule has 0 radical (unpaired) electrons. The quantitative estimate of drug-likeness (QED) is 0.673. The molecule has 2 atom stereocenters. The van der Waals surface area contributed by atoms with Crippen molar-refractivity contribution >= 4 is 11.9 Å².